The van der Waals surface area contributed by atoms with Gasteiger partial charge in [-0.15, -0.1) is 24.0 Å². The van der Waals surface area contributed by atoms with Gasteiger partial charge in [-0.2, -0.15) is 0 Å². The van der Waals surface area contributed by atoms with Crippen LogP contribution in [0, 0.1) is 3.57 Å². The number of thiol groups is 1. The lowest BCUT2D eigenvalue weighted by Crippen LogP contribution is -1.46. The molecule has 1 rings (SSSR count). The summed E-state index contributed by atoms with van der Waals surface area (Å²) in [6.45, 7) is 0. The molecule has 0 aliphatic rings. The molecule has 0 nitrogen and oxygen atoms in total. The van der Waals surface area contributed by atoms with E-state index in [1.165, 1.54) is 3.57 Å². The fraction of sp³-hybridized carbons (Fsp3) is 0. The highest BCUT2D eigenvalue weighted by Gasteiger charge is 1.87. The lowest BCUT2D eigenvalue weighted by molar-refractivity contribution is 1.71. The topological polar surface area (TPSA) is 0 Å². The third-order valence-corrected chi connectivity index (χ3v) is 2.78. The second-order valence-electron chi connectivity index (χ2n) is 1.10. The van der Waals surface area contributed by atoms with Crippen LogP contribution in [-0.2, 0) is 0 Å². The Morgan fingerprint density at radius 3 is 2.57 bits per heavy atom. The molecule has 0 saturated carbocycles. The summed E-state index contributed by atoms with van der Waals surface area (Å²) < 4.78 is 2.36. The molecule has 1 aromatic heterocycles. The predicted octanol–water partition coefficient (Wildman–Crippen LogP) is 2.64. The SMILES string of the molecule is Sc1cc(I)cs1. The van der Waals surface area contributed by atoms with Crippen LogP contribution in [0.4, 0.5) is 0 Å². The van der Waals surface area contributed by atoms with Gasteiger partial charge in [-0.3, -0.25) is 0 Å². The molecule has 0 radical (unpaired) electrons. The maximum Gasteiger partial charge on any atom is 0.0578 e. The summed E-state index contributed by atoms with van der Waals surface area (Å²) in [6, 6.07) is 2.04. The van der Waals surface area contributed by atoms with Gasteiger partial charge < -0.3 is 0 Å². The third-order valence-electron chi connectivity index (χ3n) is 0.554. The van der Waals surface area contributed by atoms with Crippen molar-refractivity contribution in [1.29, 1.82) is 0 Å². The first-order valence-corrected chi connectivity index (χ1v) is 4.12. The summed E-state index contributed by atoms with van der Waals surface area (Å²) in [5.74, 6) is 0. The predicted molar refractivity (Wildman–Crippen MR) is 44.3 cm³/mol. The van der Waals surface area contributed by atoms with Crippen molar-refractivity contribution in [3.8, 4) is 0 Å². The molecular weight excluding hydrogens is 239 g/mol. The molecule has 0 bridgehead atoms. The maximum atomic E-state index is 4.12. The van der Waals surface area contributed by atoms with Crippen LogP contribution >= 0.6 is 46.6 Å². The zero-order chi connectivity index (χ0) is 5.28. The van der Waals surface area contributed by atoms with Gasteiger partial charge in [-0.1, -0.05) is 0 Å². The van der Waals surface area contributed by atoms with Crippen LogP contribution < -0.4 is 0 Å². The van der Waals surface area contributed by atoms with Gasteiger partial charge in [0.05, 0.1) is 4.21 Å². The largest absolute Gasteiger partial charge is 0.137 e. The number of halogens is 1. The summed E-state index contributed by atoms with van der Waals surface area (Å²) >= 11 is 8.04. The Bertz CT molecular complexity index is 142. The molecule has 0 N–H and O–H groups in total. The van der Waals surface area contributed by atoms with Gasteiger partial charge in [0.1, 0.15) is 0 Å². The highest BCUT2D eigenvalue weighted by Crippen LogP contribution is 2.18. The molecule has 0 aliphatic heterocycles. The average molecular weight is 242 g/mol. The molecule has 0 fully saturated rings. The third kappa shape index (κ3) is 1.62. The summed E-state index contributed by atoms with van der Waals surface area (Å²) in [5.41, 5.74) is 0. The minimum atomic E-state index is 1.09. The molecular formula is C4H3IS2. The first-order valence-electron chi connectivity index (χ1n) is 1.72. The van der Waals surface area contributed by atoms with Crippen LogP contribution in [0.1, 0.15) is 0 Å². The van der Waals surface area contributed by atoms with Gasteiger partial charge in [0.15, 0.2) is 0 Å². The fourth-order valence-electron chi connectivity index (χ4n) is 0.303. The van der Waals surface area contributed by atoms with E-state index in [-0.39, 0.29) is 0 Å². The van der Waals surface area contributed by atoms with E-state index in [0.29, 0.717) is 0 Å². The molecule has 0 spiro atoms. The molecule has 0 saturated heterocycles. The summed E-state index contributed by atoms with van der Waals surface area (Å²) in [7, 11) is 0. The van der Waals surface area contributed by atoms with Crippen molar-refractivity contribution in [3.63, 3.8) is 0 Å². The normalized spacial score (nSPS) is 9.43. The van der Waals surface area contributed by atoms with Crippen molar-refractivity contribution < 1.29 is 0 Å². The van der Waals surface area contributed by atoms with Gasteiger partial charge in [-0.25, -0.2) is 0 Å². The molecule has 7 heavy (non-hydrogen) atoms. The van der Waals surface area contributed by atoms with E-state index in [9.17, 15) is 0 Å². The quantitative estimate of drug-likeness (QED) is 0.524. The van der Waals surface area contributed by atoms with E-state index in [4.69, 9.17) is 0 Å². The Balaban J connectivity index is 3.04. The van der Waals surface area contributed by atoms with Gasteiger partial charge in [0, 0.05) is 8.95 Å². The van der Waals surface area contributed by atoms with Crippen LogP contribution in [0.3, 0.4) is 0 Å². The fourth-order valence-corrected chi connectivity index (χ4v) is 2.25. The van der Waals surface area contributed by atoms with Gasteiger partial charge in [0.2, 0.25) is 0 Å². The zero-order valence-corrected chi connectivity index (χ0v) is 7.26. The Morgan fingerprint density at radius 1 is 1.71 bits per heavy atom. The first-order chi connectivity index (χ1) is 3.29. The Morgan fingerprint density at radius 2 is 2.43 bits per heavy atom. The lowest BCUT2D eigenvalue weighted by Gasteiger charge is -1.67. The number of rotatable bonds is 0. The van der Waals surface area contributed by atoms with Crippen molar-refractivity contribution in [1.82, 2.24) is 0 Å². The van der Waals surface area contributed by atoms with Crippen LogP contribution in [0.15, 0.2) is 15.7 Å². The van der Waals surface area contributed by atoms with Crippen LogP contribution in [0.2, 0.25) is 0 Å². The lowest BCUT2D eigenvalue weighted by atomic mass is 10.7. The molecule has 38 valence electrons. The maximum absolute atomic E-state index is 4.12. The molecule has 0 aliphatic carbocycles. The monoisotopic (exact) mass is 242 g/mol. The molecule has 0 atom stereocenters. The van der Waals surface area contributed by atoms with Crippen molar-refractivity contribution in [2.45, 2.75) is 4.21 Å². The molecule has 0 unspecified atom stereocenters. The smallest absolute Gasteiger partial charge is 0.0578 e. The average Bonchev–Trinajstić information content (AvgIpc) is 1.87. The number of thiophene rings is 1. The second-order valence-corrected chi connectivity index (χ2v) is 4.04. The minimum Gasteiger partial charge on any atom is -0.137 e. The summed E-state index contributed by atoms with van der Waals surface area (Å²) in [4.78, 5) is 0. The highest BCUT2D eigenvalue weighted by atomic mass is 127. The van der Waals surface area contributed by atoms with Crippen LogP contribution in [0.5, 0.6) is 0 Å². The molecule has 0 amide bonds. The van der Waals surface area contributed by atoms with E-state index in [0.717, 1.165) is 4.21 Å². The van der Waals surface area contributed by atoms with Crippen molar-refractivity contribution >= 4 is 46.6 Å². The molecule has 1 heterocycles. The van der Waals surface area contributed by atoms with Crippen LogP contribution in [-0.4, -0.2) is 0 Å². The van der Waals surface area contributed by atoms with Crippen molar-refractivity contribution in [3.05, 3.63) is 15.0 Å². The Labute approximate surface area is 65.5 Å². The van der Waals surface area contributed by atoms with Gasteiger partial charge in [-0.05, 0) is 28.7 Å². The van der Waals surface area contributed by atoms with E-state index < -0.39 is 0 Å². The highest BCUT2D eigenvalue weighted by molar-refractivity contribution is 14.1. The summed E-state index contributed by atoms with van der Waals surface area (Å²) in [6.07, 6.45) is 0. The van der Waals surface area contributed by atoms with Crippen molar-refractivity contribution in [2.75, 3.05) is 0 Å². The van der Waals surface area contributed by atoms with Gasteiger partial charge >= 0.3 is 0 Å². The van der Waals surface area contributed by atoms with Gasteiger partial charge in [0.25, 0.3) is 0 Å². The molecule has 3 heteroatoms. The molecule has 1 aromatic rings. The number of hydrogen-bond acceptors (Lipinski definition) is 2. The Kier molecular flexibility index (Phi) is 2.00. The van der Waals surface area contributed by atoms with Crippen LogP contribution in [0.25, 0.3) is 0 Å². The minimum absolute atomic E-state index is 1.09. The van der Waals surface area contributed by atoms with E-state index in [1.54, 1.807) is 11.3 Å². The van der Waals surface area contributed by atoms with E-state index in [1.807, 2.05) is 6.07 Å². The molecule has 0 aromatic carbocycles. The summed E-state index contributed by atoms with van der Waals surface area (Å²) in [5, 5.41) is 2.07. The number of hydrogen-bond donors (Lipinski definition) is 1. The van der Waals surface area contributed by atoms with E-state index in [2.05, 4.69) is 40.6 Å². The zero-order valence-electron chi connectivity index (χ0n) is 3.39. The standard InChI is InChI=1S/C4H3IS2/c5-3-1-4(6)7-2-3/h1-2,6H. The van der Waals surface area contributed by atoms with Crippen molar-refractivity contribution in [2.24, 2.45) is 0 Å². The first kappa shape index (κ1) is 5.91. The van der Waals surface area contributed by atoms with E-state index >= 15 is 0 Å². The Hall–Kier alpha value is 0.780. The second kappa shape index (κ2) is 2.37.